The van der Waals surface area contributed by atoms with E-state index in [0.717, 1.165) is 18.4 Å². The van der Waals surface area contributed by atoms with Gasteiger partial charge in [0.1, 0.15) is 0 Å². The molecule has 7 nitrogen and oxygen atoms in total. The number of benzene rings is 2. The summed E-state index contributed by atoms with van der Waals surface area (Å²) in [5.74, 6) is 0.930. The average molecular weight is 590 g/mol. The molecule has 0 aliphatic rings. The zero-order valence-corrected chi connectivity index (χ0v) is 25.6. The van der Waals surface area contributed by atoms with Crippen LogP contribution in [-0.2, 0) is 11.1 Å². The summed E-state index contributed by atoms with van der Waals surface area (Å²) in [7, 11) is -1.09. The number of nitrogens with zero attached hydrogens (tertiary/aromatic N) is 1. The van der Waals surface area contributed by atoms with Crippen LogP contribution in [0.3, 0.4) is 0 Å². The van der Waals surface area contributed by atoms with Crippen molar-refractivity contribution in [1.29, 1.82) is 0 Å². The van der Waals surface area contributed by atoms with Gasteiger partial charge in [-0.3, -0.25) is 0 Å². The Labute approximate surface area is 244 Å². The van der Waals surface area contributed by atoms with E-state index in [-0.39, 0.29) is 23.0 Å². The molecule has 0 radical (unpaired) electrons. The summed E-state index contributed by atoms with van der Waals surface area (Å²) in [6.45, 7) is 3.39. The molecule has 0 amide bonds. The van der Waals surface area contributed by atoms with Crippen LogP contribution < -0.4 is 23.1 Å². The van der Waals surface area contributed by atoms with E-state index in [9.17, 15) is 9.67 Å². The van der Waals surface area contributed by atoms with Gasteiger partial charge in [0.2, 0.25) is 22.8 Å². The summed E-state index contributed by atoms with van der Waals surface area (Å²) in [5.41, 5.74) is 3.03. The van der Waals surface area contributed by atoms with Gasteiger partial charge in [-0.1, -0.05) is 101 Å². The minimum absolute atomic E-state index is 0.0575. The predicted octanol–water partition coefficient (Wildman–Crippen LogP) is 8.99. The third-order valence-electron chi connectivity index (χ3n) is 6.65. The second-order valence-electron chi connectivity index (χ2n) is 9.94. The number of thiazole rings is 1. The molecule has 3 rings (SSSR count). The van der Waals surface area contributed by atoms with Gasteiger partial charge in [0, 0.05) is 10.1 Å². The highest BCUT2D eigenvalue weighted by atomic mass is 32.1. The minimum atomic E-state index is -2.54. The molecule has 0 fully saturated rings. The highest BCUT2D eigenvalue weighted by Crippen LogP contribution is 2.46. The van der Waals surface area contributed by atoms with Crippen LogP contribution in [0.2, 0.25) is 0 Å². The van der Waals surface area contributed by atoms with Crippen LogP contribution in [0, 0.1) is 0 Å². The Bertz CT molecular complexity index is 1140. The van der Waals surface area contributed by atoms with E-state index in [1.807, 2.05) is 35.3 Å². The Morgan fingerprint density at radius 2 is 1.57 bits per heavy atom. The predicted molar refractivity (Wildman–Crippen MR) is 160 cm³/mol. The fraction of sp³-hybridized carbons (Fsp3) is 0.516. The van der Waals surface area contributed by atoms with Gasteiger partial charge in [-0.15, -0.1) is 0 Å². The molecule has 1 N–H and O–H groups in total. The van der Waals surface area contributed by atoms with E-state index in [2.05, 4.69) is 11.5 Å². The van der Waals surface area contributed by atoms with Crippen molar-refractivity contribution in [3.63, 3.8) is 0 Å². The fourth-order valence-electron chi connectivity index (χ4n) is 4.50. The van der Waals surface area contributed by atoms with Crippen LogP contribution in [-0.4, -0.2) is 18.8 Å². The molecule has 1 atom stereocenters. The van der Waals surface area contributed by atoms with Crippen LogP contribution in [0.15, 0.2) is 53.5 Å². The van der Waals surface area contributed by atoms with Gasteiger partial charge in [0.05, 0.1) is 19.1 Å². The number of phenols is 1. The third kappa shape index (κ3) is 11.3. The lowest BCUT2D eigenvalue weighted by atomic mass is 10.1. The number of unbranched alkanes of at least 4 members (excludes halogenated alkanes) is 11. The van der Waals surface area contributed by atoms with Crippen molar-refractivity contribution in [2.24, 2.45) is 0 Å². The first-order valence-electron chi connectivity index (χ1n) is 14.5. The second-order valence-corrected chi connectivity index (χ2v) is 11.5. The van der Waals surface area contributed by atoms with Gasteiger partial charge < -0.3 is 14.6 Å². The standard InChI is InChI=1S/C31H43NO6PS/c1-3-4-5-6-7-8-9-10-11-12-13-14-21-36-30-28(33)18-19-29(31(30)35-2)38-39(34)37-27-17-15-16-26(23-27)24-32-20-22-40-25-32/h15-20,22-23,25H,3-14,21,24H2,1-2H3/q+1/p+1. The topological polar surface area (TPSA) is 78.1 Å². The molecular formula is C31H44NO6PS+2. The Morgan fingerprint density at radius 3 is 2.23 bits per heavy atom. The van der Waals surface area contributed by atoms with Crippen molar-refractivity contribution < 1.29 is 32.8 Å². The number of aromatic hydroxyl groups is 1. The number of hydrogen-bond donors (Lipinski definition) is 1. The normalized spacial score (nSPS) is 11.3. The van der Waals surface area contributed by atoms with Crippen molar-refractivity contribution in [2.75, 3.05) is 13.7 Å². The number of methoxy groups -OCH3 is 1. The van der Waals surface area contributed by atoms with E-state index in [0.29, 0.717) is 18.9 Å². The average Bonchev–Trinajstić information content (AvgIpc) is 3.46. The van der Waals surface area contributed by atoms with E-state index in [1.165, 1.54) is 83.5 Å². The molecular weight excluding hydrogens is 545 g/mol. The van der Waals surface area contributed by atoms with E-state index in [4.69, 9.17) is 18.5 Å². The second kappa shape index (κ2) is 18.5. The molecule has 0 spiro atoms. The first-order chi connectivity index (χ1) is 19.6. The van der Waals surface area contributed by atoms with Crippen LogP contribution in [0.25, 0.3) is 0 Å². The molecule has 0 aliphatic carbocycles. The van der Waals surface area contributed by atoms with Gasteiger partial charge >= 0.3 is 8.25 Å². The minimum Gasteiger partial charge on any atom is -0.504 e. The van der Waals surface area contributed by atoms with Gasteiger partial charge in [-0.05, 0) is 30.7 Å². The van der Waals surface area contributed by atoms with Crippen LogP contribution in [0.5, 0.6) is 28.7 Å². The lowest BCUT2D eigenvalue weighted by Gasteiger charge is -2.13. The maximum Gasteiger partial charge on any atom is 0.805 e. The van der Waals surface area contributed by atoms with Crippen molar-refractivity contribution in [1.82, 2.24) is 0 Å². The van der Waals surface area contributed by atoms with Gasteiger partial charge in [-0.25, -0.2) is 9.05 Å². The molecule has 218 valence electrons. The summed E-state index contributed by atoms with van der Waals surface area (Å²) >= 11 is 1.62. The van der Waals surface area contributed by atoms with E-state index in [1.54, 1.807) is 17.4 Å². The molecule has 0 aliphatic heterocycles. The van der Waals surface area contributed by atoms with Crippen LogP contribution in [0.4, 0.5) is 0 Å². The van der Waals surface area contributed by atoms with Crippen molar-refractivity contribution in [2.45, 2.75) is 90.5 Å². The Morgan fingerprint density at radius 1 is 0.875 bits per heavy atom. The summed E-state index contributed by atoms with van der Waals surface area (Å²) in [6, 6.07) is 10.3. The lowest BCUT2D eigenvalue weighted by molar-refractivity contribution is -0.683. The molecule has 0 bridgehead atoms. The maximum atomic E-state index is 12.7. The van der Waals surface area contributed by atoms with Crippen LogP contribution in [0.1, 0.15) is 89.5 Å². The number of phenolic OH excluding ortho intramolecular Hbond substituents is 1. The summed E-state index contributed by atoms with van der Waals surface area (Å²) < 4.78 is 37.2. The summed E-state index contributed by atoms with van der Waals surface area (Å²) in [4.78, 5) is 0. The van der Waals surface area contributed by atoms with E-state index < -0.39 is 8.25 Å². The molecule has 2 aromatic carbocycles. The smallest absolute Gasteiger partial charge is 0.504 e. The number of rotatable bonds is 21. The largest absolute Gasteiger partial charge is 0.805 e. The van der Waals surface area contributed by atoms with E-state index >= 15 is 0 Å². The number of hydrogen-bond acceptors (Lipinski definition) is 7. The van der Waals surface area contributed by atoms with Gasteiger partial charge in [0.25, 0.3) is 0 Å². The molecule has 1 unspecified atom stereocenters. The zero-order chi connectivity index (χ0) is 28.4. The van der Waals surface area contributed by atoms with Gasteiger partial charge in [-0.2, -0.15) is 4.57 Å². The SMILES string of the molecule is CCCCCCCCCCCCCCOc1c(O)ccc(O[P+](=O)Oc2cccc(C[n+]3ccsc3)c2)c1OC. The van der Waals surface area contributed by atoms with Crippen molar-refractivity contribution >= 4 is 19.6 Å². The molecule has 1 aromatic heterocycles. The Kier molecular flexibility index (Phi) is 14.7. The van der Waals surface area contributed by atoms with Crippen LogP contribution >= 0.6 is 19.6 Å². The molecule has 9 heteroatoms. The Balaban J connectivity index is 1.41. The molecule has 40 heavy (non-hydrogen) atoms. The Hall–Kier alpha value is -2.83. The highest BCUT2D eigenvalue weighted by Gasteiger charge is 2.29. The quantitative estimate of drug-likeness (QED) is 0.0759. The fourth-order valence-corrected chi connectivity index (χ4v) is 5.73. The summed E-state index contributed by atoms with van der Waals surface area (Å²) in [5, 5.41) is 12.4. The summed E-state index contributed by atoms with van der Waals surface area (Å²) in [6.07, 6.45) is 17.1. The first-order valence-corrected chi connectivity index (χ1v) is 16.5. The van der Waals surface area contributed by atoms with Crippen molar-refractivity contribution in [3.8, 4) is 28.7 Å². The van der Waals surface area contributed by atoms with Gasteiger partial charge in [0.15, 0.2) is 24.2 Å². The number of ether oxygens (including phenoxy) is 2. The molecule has 0 saturated heterocycles. The lowest BCUT2D eigenvalue weighted by Crippen LogP contribution is -2.30. The van der Waals surface area contributed by atoms with Crippen molar-refractivity contribution in [3.05, 3.63) is 59.0 Å². The third-order valence-corrected chi connectivity index (χ3v) is 8.02. The maximum absolute atomic E-state index is 12.7. The monoisotopic (exact) mass is 589 g/mol. The number of aromatic nitrogens is 1. The molecule has 0 saturated carbocycles. The zero-order valence-electron chi connectivity index (χ0n) is 23.9. The first kappa shape index (κ1) is 31.7. The molecule has 1 heterocycles. The molecule has 3 aromatic rings. The highest BCUT2D eigenvalue weighted by molar-refractivity contribution is 7.34.